The molecule has 0 aromatic heterocycles. The van der Waals surface area contributed by atoms with Crippen LogP contribution in [-0.4, -0.2) is 56.6 Å². The fourth-order valence-electron chi connectivity index (χ4n) is 2.22. The molecular formula is C14H22IN3O. The molecule has 106 valence electrons. The molecule has 1 aliphatic rings. The van der Waals surface area contributed by atoms with E-state index >= 15 is 0 Å². The Labute approximate surface area is 132 Å². The Morgan fingerprint density at radius 1 is 1.21 bits per heavy atom. The highest BCUT2D eigenvalue weighted by Crippen LogP contribution is 2.28. The van der Waals surface area contributed by atoms with Gasteiger partial charge in [0.15, 0.2) is 5.96 Å². The molecule has 1 heterocycles. The van der Waals surface area contributed by atoms with Gasteiger partial charge in [-0.3, -0.25) is 0 Å². The Morgan fingerprint density at radius 2 is 1.84 bits per heavy atom. The summed E-state index contributed by atoms with van der Waals surface area (Å²) in [4.78, 5) is 8.66. The molecule has 0 N–H and O–H groups in total. The van der Waals surface area contributed by atoms with E-state index < -0.39 is 0 Å². The molecule has 2 rings (SSSR count). The fraction of sp³-hybridized carbons (Fsp3) is 0.500. The lowest BCUT2D eigenvalue weighted by Crippen LogP contribution is -2.36. The van der Waals surface area contributed by atoms with Crippen LogP contribution < -0.4 is 4.74 Å². The van der Waals surface area contributed by atoms with Gasteiger partial charge in [0.05, 0.1) is 6.54 Å². The lowest BCUT2D eigenvalue weighted by Gasteiger charge is -2.23. The highest BCUT2D eigenvalue weighted by atomic mass is 127. The summed E-state index contributed by atoms with van der Waals surface area (Å²) in [7, 11) is 8.01. The van der Waals surface area contributed by atoms with Gasteiger partial charge in [-0.25, -0.2) is 4.99 Å². The summed E-state index contributed by atoms with van der Waals surface area (Å²) in [5.74, 6) is 1.98. The number of hydrogen-bond acceptors (Lipinski definition) is 2. The molecule has 0 fully saturated rings. The number of rotatable bonds is 2. The molecule has 1 aliphatic heterocycles. The number of para-hydroxylation sites is 1. The highest BCUT2D eigenvalue weighted by molar-refractivity contribution is 14.0. The Morgan fingerprint density at radius 3 is 2.42 bits per heavy atom. The zero-order chi connectivity index (χ0) is 13.1. The van der Waals surface area contributed by atoms with E-state index in [0.29, 0.717) is 6.54 Å². The van der Waals surface area contributed by atoms with Crippen molar-refractivity contribution in [2.24, 2.45) is 4.99 Å². The predicted octanol–water partition coefficient (Wildman–Crippen LogP) is 2.09. The van der Waals surface area contributed by atoms with Crippen LogP contribution in [0.15, 0.2) is 29.3 Å². The van der Waals surface area contributed by atoms with Crippen molar-refractivity contribution in [1.29, 1.82) is 0 Å². The Balaban J connectivity index is 0.00000180. The number of hydrogen-bond donors (Lipinski definition) is 0. The molecule has 1 unspecified atom stereocenters. The van der Waals surface area contributed by atoms with E-state index in [-0.39, 0.29) is 30.1 Å². The molecule has 0 spiro atoms. The molecule has 1 atom stereocenters. The average molecular weight is 375 g/mol. The summed E-state index contributed by atoms with van der Waals surface area (Å²) in [5.41, 5.74) is 1.29. The molecule has 0 radical (unpaired) electrons. The maximum atomic E-state index is 5.87. The maximum Gasteiger partial charge on any atom is 0.195 e. The molecule has 0 saturated heterocycles. The minimum Gasteiger partial charge on any atom is -0.488 e. The summed E-state index contributed by atoms with van der Waals surface area (Å²) in [6.45, 7) is 0.695. The van der Waals surface area contributed by atoms with Gasteiger partial charge in [0.25, 0.3) is 0 Å². The lowest BCUT2D eigenvalue weighted by atomic mass is 10.1. The highest BCUT2D eigenvalue weighted by Gasteiger charge is 2.22. The number of fused-ring (bicyclic) bond motifs is 1. The monoisotopic (exact) mass is 375 g/mol. The molecule has 0 aliphatic carbocycles. The second-order valence-corrected chi connectivity index (χ2v) is 4.98. The number of benzene rings is 1. The van der Waals surface area contributed by atoms with Crippen LogP contribution in [0, 0.1) is 0 Å². The number of guanidine groups is 1. The van der Waals surface area contributed by atoms with Crippen molar-refractivity contribution in [3.05, 3.63) is 29.8 Å². The fourth-order valence-corrected chi connectivity index (χ4v) is 2.22. The summed E-state index contributed by atoms with van der Waals surface area (Å²) < 4.78 is 5.87. The van der Waals surface area contributed by atoms with Crippen molar-refractivity contribution in [3.63, 3.8) is 0 Å². The molecule has 0 bridgehead atoms. The molecule has 5 heteroatoms. The normalized spacial score (nSPS) is 15.9. The van der Waals surface area contributed by atoms with Crippen LogP contribution in [0.3, 0.4) is 0 Å². The van der Waals surface area contributed by atoms with Crippen molar-refractivity contribution in [2.75, 3.05) is 34.7 Å². The van der Waals surface area contributed by atoms with Crippen LogP contribution in [0.2, 0.25) is 0 Å². The largest absolute Gasteiger partial charge is 0.488 e. The summed E-state index contributed by atoms with van der Waals surface area (Å²) >= 11 is 0. The molecule has 4 nitrogen and oxygen atoms in total. The van der Waals surface area contributed by atoms with Gasteiger partial charge in [-0.05, 0) is 11.6 Å². The van der Waals surface area contributed by atoms with E-state index in [2.05, 4.69) is 17.1 Å². The summed E-state index contributed by atoms with van der Waals surface area (Å²) in [6, 6.07) is 8.21. The first kappa shape index (κ1) is 16.1. The van der Waals surface area contributed by atoms with E-state index in [1.807, 2.05) is 50.1 Å². The van der Waals surface area contributed by atoms with E-state index in [9.17, 15) is 0 Å². The first-order valence-electron chi connectivity index (χ1n) is 6.21. The van der Waals surface area contributed by atoms with Crippen LogP contribution in [-0.2, 0) is 6.42 Å². The molecule has 1 aromatic rings. The van der Waals surface area contributed by atoms with Crippen molar-refractivity contribution in [1.82, 2.24) is 9.80 Å². The van der Waals surface area contributed by atoms with E-state index in [1.54, 1.807) is 0 Å². The van der Waals surface area contributed by atoms with Crippen LogP contribution in [0.1, 0.15) is 5.56 Å². The SMILES string of the molecule is CN(C)C(=NCC1Cc2ccccc2O1)N(C)C.I. The minimum atomic E-state index is 0. The van der Waals surface area contributed by atoms with Gasteiger partial charge < -0.3 is 14.5 Å². The van der Waals surface area contributed by atoms with Crippen molar-refractivity contribution in [3.8, 4) is 5.75 Å². The predicted molar refractivity (Wildman–Crippen MR) is 89.7 cm³/mol. The van der Waals surface area contributed by atoms with Crippen LogP contribution >= 0.6 is 24.0 Å². The summed E-state index contributed by atoms with van der Waals surface area (Å²) in [6.07, 6.45) is 1.12. The molecule has 19 heavy (non-hydrogen) atoms. The first-order valence-corrected chi connectivity index (χ1v) is 6.21. The van der Waals surface area contributed by atoms with Gasteiger partial charge in [0.1, 0.15) is 11.9 Å². The third-order valence-electron chi connectivity index (χ3n) is 2.95. The second kappa shape index (κ2) is 6.98. The van der Waals surface area contributed by atoms with Gasteiger partial charge in [-0.2, -0.15) is 0 Å². The third kappa shape index (κ3) is 3.99. The lowest BCUT2D eigenvalue weighted by molar-refractivity contribution is 0.240. The number of nitrogens with zero attached hydrogens (tertiary/aromatic N) is 3. The Bertz CT molecular complexity index is 411. The summed E-state index contributed by atoms with van der Waals surface area (Å²) in [5, 5.41) is 0. The van der Waals surface area contributed by atoms with Gasteiger partial charge >= 0.3 is 0 Å². The minimum absolute atomic E-state index is 0. The molecule has 1 aromatic carbocycles. The quantitative estimate of drug-likeness (QED) is 0.450. The third-order valence-corrected chi connectivity index (χ3v) is 2.95. The smallest absolute Gasteiger partial charge is 0.195 e. The van der Waals surface area contributed by atoms with Gasteiger partial charge in [-0.15, -0.1) is 24.0 Å². The van der Waals surface area contributed by atoms with E-state index in [0.717, 1.165) is 18.1 Å². The molecule has 0 saturated carbocycles. The van der Waals surface area contributed by atoms with E-state index in [1.165, 1.54) is 5.56 Å². The topological polar surface area (TPSA) is 28.1 Å². The first-order chi connectivity index (χ1) is 8.58. The Kier molecular flexibility index (Phi) is 5.90. The second-order valence-electron chi connectivity index (χ2n) is 4.98. The number of aliphatic imine (C=N–C) groups is 1. The molecule has 0 amide bonds. The molecular weight excluding hydrogens is 353 g/mol. The van der Waals surface area contributed by atoms with Gasteiger partial charge in [0, 0.05) is 34.6 Å². The van der Waals surface area contributed by atoms with Crippen molar-refractivity contribution in [2.45, 2.75) is 12.5 Å². The van der Waals surface area contributed by atoms with Crippen LogP contribution in [0.5, 0.6) is 5.75 Å². The van der Waals surface area contributed by atoms with Crippen molar-refractivity contribution < 1.29 is 4.74 Å². The Hall–Kier alpha value is -0.980. The average Bonchev–Trinajstić information content (AvgIpc) is 2.70. The number of halogens is 1. The van der Waals surface area contributed by atoms with E-state index in [4.69, 9.17) is 4.74 Å². The zero-order valence-corrected chi connectivity index (χ0v) is 14.3. The number of ether oxygens (including phenoxy) is 1. The van der Waals surface area contributed by atoms with Crippen molar-refractivity contribution >= 4 is 29.9 Å². The van der Waals surface area contributed by atoms with Crippen LogP contribution in [0.25, 0.3) is 0 Å². The van der Waals surface area contributed by atoms with Gasteiger partial charge in [-0.1, -0.05) is 18.2 Å². The standard InChI is InChI=1S/C14H21N3O.HI/c1-16(2)14(17(3)4)15-10-12-9-11-7-5-6-8-13(11)18-12;/h5-8,12H,9-10H2,1-4H3;1H. The maximum absolute atomic E-state index is 5.87. The van der Waals surface area contributed by atoms with Gasteiger partial charge in [0.2, 0.25) is 0 Å². The van der Waals surface area contributed by atoms with Crippen LogP contribution in [0.4, 0.5) is 0 Å². The zero-order valence-electron chi connectivity index (χ0n) is 12.0.